The summed E-state index contributed by atoms with van der Waals surface area (Å²) in [5.74, 6) is 1.27. The van der Waals surface area contributed by atoms with Crippen molar-refractivity contribution in [3.8, 4) is 11.4 Å². The fraction of sp³-hybridized carbons (Fsp3) is 0.368. The van der Waals surface area contributed by atoms with E-state index in [1.165, 1.54) is 9.69 Å². The summed E-state index contributed by atoms with van der Waals surface area (Å²) in [7, 11) is 1.88. The van der Waals surface area contributed by atoms with E-state index in [1.807, 2.05) is 44.7 Å². The molecule has 0 aliphatic rings. The molecule has 1 aromatic heterocycles. The lowest BCUT2D eigenvalue weighted by Crippen LogP contribution is -2.09. The number of thioether (sulfide) groups is 1. The standard InChI is InChI=1S/C19H24BN3O2S/c1-13-10-15(20)19(25)18(11-13)23-21-16-7-6-14(12-17(16)22-23)26-9-5-3-2-4-8-24/h6-7,10-12,24-25H,2-5,8-9,20H2,1H3. The number of aliphatic hydroxyl groups excluding tert-OH is 1. The smallest absolute Gasteiger partial charge is 0.144 e. The molecule has 0 bridgehead atoms. The van der Waals surface area contributed by atoms with Crippen LogP contribution in [0.2, 0.25) is 0 Å². The van der Waals surface area contributed by atoms with Gasteiger partial charge in [0, 0.05) is 11.5 Å². The van der Waals surface area contributed by atoms with Gasteiger partial charge in [-0.15, -0.1) is 26.8 Å². The van der Waals surface area contributed by atoms with Crippen LogP contribution in [0.1, 0.15) is 31.2 Å². The zero-order valence-electron chi connectivity index (χ0n) is 15.3. The highest BCUT2D eigenvalue weighted by Gasteiger charge is 2.12. The molecule has 0 amide bonds. The predicted molar refractivity (Wildman–Crippen MR) is 110 cm³/mol. The molecule has 0 saturated carbocycles. The van der Waals surface area contributed by atoms with E-state index in [2.05, 4.69) is 22.3 Å². The van der Waals surface area contributed by atoms with Crippen LogP contribution in [-0.2, 0) is 0 Å². The molecule has 26 heavy (non-hydrogen) atoms. The molecule has 2 N–H and O–H groups in total. The Hall–Kier alpha value is -1.99. The summed E-state index contributed by atoms with van der Waals surface area (Å²) < 4.78 is 0. The molecule has 0 aliphatic heterocycles. The number of aromatic hydroxyl groups is 1. The van der Waals surface area contributed by atoms with E-state index in [4.69, 9.17) is 5.11 Å². The van der Waals surface area contributed by atoms with E-state index >= 15 is 0 Å². The van der Waals surface area contributed by atoms with Crippen molar-refractivity contribution < 1.29 is 10.2 Å². The number of rotatable bonds is 8. The van der Waals surface area contributed by atoms with E-state index < -0.39 is 0 Å². The number of benzene rings is 2. The number of nitrogens with zero attached hydrogens (tertiary/aromatic N) is 3. The average molecular weight is 369 g/mol. The summed E-state index contributed by atoms with van der Waals surface area (Å²) in [4.78, 5) is 2.69. The van der Waals surface area contributed by atoms with Crippen molar-refractivity contribution in [2.24, 2.45) is 0 Å². The highest BCUT2D eigenvalue weighted by Crippen LogP contribution is 2.25. The third kappa shape index (κ3) is 4.40. The summed E-state index contributed by atoms with van der Waals surface area (Å²) in [6.07, 6.45) is 4.28. The van der Waals surface area contributed by atoms with Gasteiger partial charge in [0.25, 0.3) is 0 Å². The quantitative estimate of drug-likeness (QED) is 0.362. The predicted octanol–water partition coefficient (Wildman–Crippen LogP) is 2.34. The number of aliphatic hydroxyl groups is 1. The van der Waals surface area contributed by atoms with Gasteiger partial charge in [-0.05, 0) is 60.8 Å². The maximum atomic E-state index is 10.3. The van der Waals surface area contributed by atoms with Gasteiger partial charge in [0.15, 0.2) is 0 Å². The average Bonchev–Trinajstić information content (AvgIpc) is 3.04. The molecule has 0 unspecified atom stereocenters. The summed E-state index contributed by atoms with van der Waals surface area (Å²) in [6.45, 7) is 2.28. The molecule has 0 fully saturated rings. The zero-order valence-corrected chi connectivity index (χ0v) is 16.1. The largest absolute Gasteiger partial charge is 0.506 e. The van der Waals surface area contributed by atoms with Crippen LogP contribution in [0.5, 0.6) is 5.75 Å². The SMILES string of the molecule is Bc1cc(C)cc(-n2nc3ccc(SCCCCCCO)cc3n2)c1O. The molecule has 0 aliphatic carbocycles. The molecule has 3 aromatic rings. The Labute approximate surface area is 158 Å². The van der Waals surface area contributed by atoms with Crippen LogP contribution in [0.3, 0.4) is 0 Å². The van der Waals surface area contributed by atoms with Crippen molar-refractivity contribution in [1.29, 1.82) is 0 Å². The van der Waals surface area contributed by atoms with Gasteiger partial charge in [-0.2, -0.15) is 0 Å². The third-order valence-electron chi connectivity index (χ3n) is 4.31. The van der Waals surface area contributed by atoms with Gasteiger partial charge in [-0.1, -0.05) is 18.9 Å². The Morgan fingerprint density at radius 3 is 2.62 bits per heavy atom. The van der Waals surface area contributed by atoms with Crippen molar-refractivity contribution in [3.05, 3.63) is 35.9 Å². The topological polar surface area (TPSA) is 71.2 Å². The number of phenolic OH excluding ortho intramolecular Hbond substituents is 1. The fourth-order valence-corrected chi connectivity index (χ4v) is 3.88. The lowest BCUT2D eigenvalue weighted by Gasteiger charge is -2.07. The van der Waals surface area contributed by atoms with Gasteiger partial charge in [-0.3, -0.25) is 0 Å². The van der Waals surface area contributed by atoms with Crippen LogP contribution in [-0.4, -0.2) is 45.4 Å². The summed E-state index contributed by atoms with van der Waals surface area (Å²) >= 11 is 1.82. The van der Waals surface area contributed by atoms with E-state index in [0.717, 1.165) is 53.5 Å². The minimum atomic E-state index is 0.216. The molecule has 0 saturated heterocycles. The van der Waals surface area contributed by atoms with Crippen LogP contribution in [0, 0.1) is 6.92 Å². The normalized spacial score (nSPS) is 11.3. The summed E-state index contributed by atoms with van der Waals surface area (Å²) in [5.41, 5.74) is 4.13. The molecule has 0 atom stereocenters. The lowest BCUT2D eigenvalue weighted by molar-refractivity contribution is 0.283. The Morgan fingerprint density at radius 1 is 1.04 bits per heavy atom. The van der Waals surface area contributed by atoms with Gasteiger partial charge < -0.3 is 10.2 Å². The maximum Gasteiger partial charge on any atom is 0.144 e. The van der Waals surface area contributed by atoms with Crippen LogP contribution >= 0.6 is 11.8 Å². The first-order chi connectivity index (χ1) is 12.6. The number of aromatic nitrogens is 3. The van der Waals surface area contributed by atoms with Crippen molar-refractivity contribution in [2.45, 2.75) is 37.5 Å². The van der Waals surface area contributed by atoms with Crippen molar-refractivity contribution in [2.75, 3.05) is 12.4 Å². The lowest BCUT2D eigenvalue weighted by atomic mass is 9.92. The third-order valence-corrected chi connectivity index (χ3v) is 5.39. The Morgan fingerprint density at radius 2 is 1.81 bits per heavy atom. The molecule has 0 spiro atoms. The Balaban J connectivity index is 1.74. The first-order valence-corrected chi connectivity index (χ1v) is 9.98. The van der Waals surface area contributed by atoms with E-state index in [9.17, 15) is 5.11 Å². The number of hydrogen-bond donors (Lipinski definition) is 2. The summed E-state index contributed by atoms with van der Waals surface area (Å²) in [5, 5.41) is 28.2. The minimum Gasteiger partial charge on any atom is -0.506 e. The Kier molecular flexibility index (Phi) is 6.22. The van der Waals surface area contributed by atoms with Crippen molar-refractivity contribution in [1.82, 2.24) is 15.0 Å². The Bertz CT molecular complexity index is 898. The molecule has 7 heteroatoms. The molecular weight excluding hydrogens is 345 g/mol. The van der Waals surface area contributed by atoms with E-state index in [-0.39, 0.29) is 12.4 Å². The first kappa shape index (κ1) is 18.8. The number of unbranched alkanes of at least 4 members (excludes halogenated alkanes) is 3. The van der Waals surface area contributed by atoms with Gasteiger partial charge >= 0.3 is 0 Å². The molecular formula is C19H24BN3O2S. The van der Waals surface area contributed by atoms with Crippen LogP contribution < -0.4 is 5.46 Å². The molecule has 136 valence electrons. The molecule has 0 radical (unpaired) electrons. The molecule has 3 rings (SSSR count). The molecule has 2 aromatic carbocycles. The number of phenols is 1. The highest BCUT2D eigenvalue weighted by molar-refractivity contribution is 7.99. The molecule has 1 heterocycles. The highest BCUT2D eigenvalue weighted by atomic mass is 32.2. The molecule has 5 nitrogen and oxygen atoms in total. The second kappa shape index (κ2) is 8.60. The van der Waals surface area contributed by atoms with E-state index in [1.54, 1.807) is 0 Å². The first-order valence-electron chi connectivity index (χ1n) is 9.00. The zero-order chi connectivity index (χ0) is 18.5. The minimum absolute atomic E-state index is 0.216. The van der Waals surface area contributed by atoms with E-state index in [0.29, 0.717) is 5.69 Å². The van der Waals surface area contributed by atoms with Gasteiger partial charge in [0.2, 0.25) is 0 Å². The number of fused-ring (bicyclic) bond motifs is 1. The van der Waals surface area contributed by atoms with Gasteiger partial charge in [0.05, 0.1) is 0 Å². The summed E-state index contributed by atoms with van der Waals surface area (Å²) in [6, 6.07) is 9.94. The maximum absolute atomic E-state index is 10.3. The van der Waals surface area contributed by atoms with Crippen molar-refractivity contribution in [3.63, 3.8) is 0 Å². The number of hydrogen-bond acceptors (Lipinski definition) is 5. The van der Waals surface area contributed by atoms with Gasteiger partial charge in [0.1, 0.15) is 30.3 Å². The monoisotopic (exact) mass is 369 g/mol. The van der Waals surface area contributed by atoms with Crippen molar-refractivity contribution >= 4 is 36.1 Å². The van der Waals surface area contributed by atoms with Gasteiger partial charge in [-0.25, -0.2) is 0 Å². The fourth-order valence-electron chi connectivity index (χ4n) is 2.94. The van der Waals surface area contributed by atoms with Crippen LogP contribution in [0.15, 0.2) is 35.2 Å². The van der Waals surface area contributed by atoms with Crippen LogP contribution in [0.4, 0.5) is 0 Å². The number of aryl methyl sites for hydroxylation is 1. The second-order valence-electron chi connectivity index (χ2n) is 6.58. The van der Waals surface area contributed by atoms with Crippen LogP contribution in [0.25, 0.3) is 16.7 Å². The second-order valence-corrected chi connectivity index (χ2v) is 7.74.